The molecule has 1 aliphatic carbocycles. The predicted molar refractivity (Wildman–Crippen MR) is 72.1 cm³/mol. The van der Waals surface area contributed by atoms with Gasteiger partial charge in [0, 0.05) is 5.92 Å². The zero-order valence-corrected chi connectivity index (χ0v) is 12.3. The molecule has 0 aliphatic heterocycles. The van der Waals surface area contributed by atoms with Crippen LogP contribution in [0.4, 0.5) is 13.2 Å². The highest BCUT2D eigenvalue weighted by Gasteiger charge is 2.52. The van der Waals surface area contributed by atoms with E-state index in [9.17, 15) is 13.2 Å². The third-order valence-electron chi connectivity index (χ3n) is 4.02. The monoisotopic (exact) mass is 319 g/mol. The standard InChI is InChI=1S/C12H16F3N5S/c1-11(16,12(13,14)15)9-19-20-8(17-18-10(20)21-9)7-5-3-2-4-6-7/h7H,2-6,16H2,1H3. The molecule has 1 unspecified atom stereocenters. The summed E-state index contributed by atoms with van der Waals surface area (Å²) in [6.45, 7) is 0.930. The summed E-state index contributed by atoms with van der Waals surface area (Å²) in [7, 11) is 0. The lowest BCUT2D eigenvalue weighted by Crippen LogP contribution is -2.47. The molecule has 0 spiro atoms. The Bertz CT molecular complexity index is 639. The van der Waals surface area contributed by atoms with E-state index < -0.39 is 11.7 Å². The second kappa shape index (κ2) is 4.91. The summed E-state index contributed by atoms with van der Waals surface area (Å²) in [5.74, 6) is 0.879. The van der Waals surface area contributed by atoms with Gasteiger partial charge in [0.05, 0.1) is 0 Å². The van der Waals surface area contributed by atoms with E-state index in [4.69, 9.17) is 5.73 Å². The number of alkyl halides is 3. The first kappa shape index (κ1) is 14.7. The van der Waals surface area contributed by atoms with Crippen LogP contribution in [0.2, 0.25) is 0 Å². The average Bonchev–Trinajstić information content (AvgIpc) is 2.98. The number of hydrogen-bond acceptors (Lipinski definition) is 5. The molecule has 2 aromatic rings. The first-order valence-electron chi connectivity index (χ1n) is 6.89. The predicted octanol–water partition coefficient (Wildman–Crippen LogP) is 2.97. The third-order valence-corrected chi connectivity index (χ3v) is 5.15. The van der Waals surface area contributed by atoms with Crippen LogP contribution < -0.4 is 5.73 Å². The largest absolute Gasteiger partial charge is 0.412 e. The van der Waals surface area contributed by atoms with Crippen LogP contribution >= 0.6 is 11.3 Å². The maximum atomic E-state index is 13.0. The van der Waals surface area contributed by atoms with Crippen molar-refractivity contribution < 1.29 is 13.2 Å². The van der Waals surface area contributed by atoms with Gasteiger partial charge in [0.25, 0.3) is 0 Å². The van der Waals surface area contributed by atoms with Gasteiger partial charge in [-0.1, -0.05) is 30.6 Å². The lowest BCUT2D eigenvalue weighted by molar-refractivity contribution is -0.184. The normalized spacial score (nSPS) is 20.8. The van der Waals surface area contributed by atoms with Crippen LogP contribution in [0.5, 0.6) is 0 Å². The van der Waals surface area contributed by atoms with Crippen molar-refractivity contribution in [3.8, 4) is 0 Å². The molecular formula is C12H16F3N5S. The molecule has 3 rings (SSSR count). The van der Waals surface area contributed by atoms with Gasteiger partial charge < -0.3 is 5.73 Å². The van der Waals surface area contributed by atoms with Gasteiger partial charge in [0.1, 0.15) is 5.01 Å². The van der Waals surface area contributed by atoms with Gasteiger partial charge in [0.15, 0.2) is 11.4 Å². The van der Waals surface area contributed by atoms with Crippen LogP contribution in [0.15, 0.2) is 0 Å². The first-order chi connectivity index (χ1) is 9.80. The summed E-state index contributed by atoms with van der Waals surface area (Å²) in [5, 5.41) is 11.9. The van der Waals surface area contributed by atoms with Crippen molar-refractivity contribution in [3.05, 3.63) is 10.8 Å². The van der Waals surface area contributed by atoms with E-state index >= 15 is 0 Å². The smallest absolute Gasteiger partial charge is 0.312 e. The number of aromatic nitrogens is 4. The lowest BCUT2D eigenvalue weighted by atomic mass is 9.89. The molecule has 116 valence electrons. The van der Waals surface area contributed by atoms with Crippen molar-refractivity contribution in [2.45, 2.75) is 56.7 Å². The molecule has 1 aliphatic rings. The Balaban J connectivity index is 2.00. The van der Waals surface area contributed by atoms with Gasteiger partial charge in [-0.2, -0.15) is 22.8 Å². The molecule has 0 bridgehead atoms. The van der Waals surface area contributed by atoms with Gasteiger partial charge in [-0.3, -0.25) is 0 Å². The van der Waals surface area contributed by atoms with Gasteiger partial charge >= 0.3 is 6.18 Å². The Morgan fingerprint density at radius 2 is 1.86 bits per heavy atom. The van der Waals surface area contributed by atoms with E-state index in [2.05, 4.69) is 15.3 Å². The van der Waals surface area contributed by atoms with Gasteiger partial charge in [-0.05, 0) is 19.8 Å². The quantitative estimate of drug-likeness (QED) is 0.924. The molecule has 2 heterocycles. The maximum Gasteiger partial charge on any atom is 0.412 e. The minimum absolute atomic E-state index is 0.183. The summed E-state index contributed by atoms with van der Waals surface area (Å²) in [5.41, 5.74) is 2.96. The molecular weight excluding hydrogens is 303 g/mol. The second-order valence-corrected chi connectivity index (χ2v) is 6.65. The summed E-state index contributed by atoms with van der Waals surface area (Å²) in [4.78, 5) is 0.367. The first-order valence-corrected chi connectivity index (χ1v) is 7.70. The number of nitrogens with two attached hydrogens (primary N) is 1. The molecule has 1 fully saturated rings. The van der Waals surface area contributed by atoms with E-state index in [1.165, 1.54) is 10.9 Å². The van der Waals surface area contributed by atoms with Crippen molar-refractivity contribution in [2.24, 2.45) is 5.73 Å². The van der Waals surface area contributed by atoms with Crippen LogP contribution in [-0.2, 0) is 5.54 Å². The van der Waals surface area contributed by atoms with Crippen LogP contribution in [0.25, 0.3) is 4.96 Å². The minimum Gasteiger partial charge on any atom is -0.312 e. The van der Waals surface area contributed by atoms with Crippen molar-refractivity contribution >= 4 is 16.3 Å². The molecule has 21 heavy (non-hydrogen) atoms. The summed E-state index contributed by atoms with van der Waals surface area (Å²) < 4.78 is 40.5. The summed E-state index contributed by atoms with van der Waals surface area (Å²) in [6, 6.07) is 0. The summed E-state index contributed by atoms with van der Waals surface area (Å²) >= 11 is 0.849. The fourth-order valence-corrected chi connectivity index (χ4v) is 3.50. The average molecular weight is 319 g/mol. The topological polar surface area (TPSA) is 69.1 Å². The SMILES string of the molecule is CC(N)(c1nn2c(C3CCCCC3)nnc2s1)C(F)(F)F. The van der Waals surface area contributed by atoms with Crippen molar-refractivity contribution in [1.29, 1.82) is 0 Å². The van der Waals surface area contributed by atoms with Crippen LogP contribution in [-0.4, -0.2) is 26.0 Å². The van der Waals surface area contributed by atoms with Crippen molar-refractivity contribution in [2.75, 3.05) is 0 Å². The number of halogens is 3. The van der Waals surface area contributed by atoms with E-state index in [1.54, 1.807) is 0 Å². The Morgan fingerprint density at radius 3 is 2.48 bits per heavy atom. The Morgan fingerprint density at radius 1 is 1.19 bits per heavy atom. The molecule has 1 saturated carbocycles. The lowest BCUT2D eigenvalue weighted by Gasteiger charge is -2.24. The number of rotatable bonds is 2. The number of fused-ring (bicyclic) bond motifs is 1. The molecule has 0 aromatic carbocycles. The molecule has 5 nitrogen and oxygen atoms in total. The van der Waals surface area contributed by atoms with Crippen molar-refractivity contribution in [1.82, 2.24) is 19.8 Å². The van der Waals surface area contributed by atoms with Crippen LogP contribution in [0, 0.1) is 0 Å². The fourth-order valence-electron chi connectivity index (χ4n) is 2.58. The molecule has 9 heteroatoms. The van der Waals surface area contributed by atoms with Gasteiger partial charge in [-0.25, -0.2) is 0 Å². The second-order valence-electron chi connectivity index (χ2n) is 5.69. The van der Waals surface area contributed by atoms with Gasteiger partial charge in [-0.15, -0.1) is 10.2 Å². The Kier molecular flexibility index (Phi) is 3.44. The Hall–Kier alpha value is -1.22. The van der Waals surface area contributed by atoms with Crippen LogP contribution in [0.1, 0.15) is 55.8 Å². The highest BCUT2D eigenvalue weighted by Crippen LogP contribution is 2.39. The molecule has 2 aromatic heterocycles. The maximum absolute atomic E-state index is 13.0. The fraction of sp³-hybridized carbons (Fsp3) is 0.750. The van der Waals surface area contributed by atoms with E-state index in [1.807, 2.05) is 0 Å². The zero-order chi connectivity index (χ0) is 15.3. The van der Waals surface area contributed by atoms with E-state index in [0.717, 1.165) is 43.9 Å². The zero-order valence-electron chi connectivity index (χ0n) is 11.5. The van der Waals surface area contributed by atoms with E-state index in [-0.39, 0.29) is 10.9 Å². The molecule has 1 atom stereocenters. The third kappa shape index (κ3) is 2.42. The highest BCUT2D eigenvalue weighted by molar-refractivity contribution is 7.16. The van der Waals surface area contributed by atoms with Crippen molar-refractivity contribution in [3.63, 3.8) is 0 Å². The molecule has 0 radical (unpaired) electrons. The molecule has 0 saturated heterocycles. The molecule has 0 amide bonds. The molecule has 2 N–H and O–H groups in total. The van der Waals surface area contributed by atoms with Crippen LogP contribution in [0.3, 0.4) is 0 Å². The summed E-state index contributed by atoms with van der Waals surface area (Å²) in [6.07, 6.45) is 0.804. The Labute approximate surface area is 123 Å². The number of nitrogens with zero attached hydrogens (tertiary/aromatic N) is 4. The minimum atomic E-state index is -4.55. The highest BCUT2D eigenvalue weighted by atomic mass is 32.1. The van der Waals surface area contributed by atoms with E-state index in [0.29, 0.717) is 10.8 Å². The number of hydrogen-bond donors (Lipinski definition) is 1. The van der Waals surface area contributed by atoms with Gasteiger partial charge in [0.2, 0.25) is 4.96 Å².